The maximum atomic E-state index is 11.6. The standard InChI is InChI=1S/C12H14ClNO3/c1-17-12(16)14(8-7-11(15)9-13)10-5-3-2-4-6-10/h2-6H,7-9H2,1H3. The van der Waals surface area contributed by atoms with Crippen molar-refractivity contribution in [1.29, 1.82) is 0 Å². The molecule has 0 spiro atoms. The Morgan fingerprint density at radius 3 is 2.47 bits per heavy atom. The molecule has 5 heteroatoms. The summed E-state index contributed by atoms with van der Waals surface area (Å²) in [5.41, 5.74) is 0.696. The summed E-state index contributed by atoms with van der Waals surface area (Å²) in [5, 5.41) is 0. The van der Waals surface area contributed by atoms with Crippen molar-refractivity contribution in [3.63, 3.8) is 0 Å². The van der Waals surface area contributed by atoms with E-state index in [2.05, 4.69) is 4.74 Å². The highest BCUT2D eigenvalue weighted by molar-refractivity contribution is 6.27. The van der Waals surface area contributed by atoms with Gasteiger partial charge in [0.05, 0.1) is 13.0 Å². The van der Waals surface area contributed by atoms with Gasteiger partial charge in [-0.15, -0.1) is 11.6 Å². The Bertz CT molecular complexity index is 381. The van der Waals surface area contributed by atoms with Crippen LogP contribution in [0.3, 0.4) is 0 Å². The fraction of sp³-hybridized carbons (Fsp3) is 0.333. The SMILES string of the molecule is COC(=O)N(CCC(=O)CCl)c1ccccc1. The van der Waals surface area contributed by atoms with Gasteiger partial charge in [0.25, 0.3) is 0 Å². The van der Waals surface area contributed by atoms with Crippen LogP contribution < -0.4 is 4.90 Å². The highest BCUT2D eigenvalue weighted by Gasteiger charge is 2.16. The van der Waals surface area contributed by atoms with E-state index >= 15 is 0 Å². The monoisotopic (exact) mass is 255 g/mol. The molecule has 0 aliphatic carbocycles. The van der Waals surface area contributed by atoms with Crippen LogP contribution in [-0.4, -0.2) is 31.4 Å². The normalized spacial score (nSPS) is 9.76. The highest BCUT2D eigenvalue weighted by atomic mass is 35.5. The third-order valence-electron chi connectivity index (χ3n) is 2.23. The molecular weight excluding hydrogens is 242 g/mol. The number of Topliss-reactive ketones (excluding diaryl/α,β-unsaturated/α-hetero) is 1. The number of anilines is 1. The second-order valence-electron chi connectivity index (χ2n) is 3.38. The lowest BCUT2D eigenvalue weighted by Gasteiger charge is -2.20. The summed E-state index contributed by atoms with van der Waals surface area (Å²) < 4.78 is 4.68. The first-order chi connectivity index (χ1) is 8.19. The van der Waals surface area contributed by atoms with E-state index in [1.54, 1.807) is 12.1 Å². The second kappa shape index (κ2) is 6.91. The lowest BCUT2D eigenvalue weighted by atomic mass is 10.2. The van der Waals surface area contributed by atoms with Gasteiger partial charge in [-0.1, -0.05) is 18.2 Å². The van der Waals surface area contributed by atoms with E-state index in [1.165, 1.54) is 12.0 Å². The summed E-state index contributed by atoms with van der Waals surface area (Å²) in [4.78, 5) is 24.1. The van der Waals surface area contributed by atoms with E-state index < -0.39 is 6.09 Å². The van der Waals surface area contributed by atoms with Gasteiger partial charge in [0.2, 0.25) is 0 Å². The summed E-state index contributed by atoms with van der Waals surface area (Å²) in [5.74, 6) is -0.138. The van der Waals surface area contributed by atoms with Gasteiger partial charge in [-0.3, -0.25) is 9.69 Å². The Morgan fingerprint density at radius 1 is 1.29 bits per heavy atom. The number of para-hydroxylation sites is 1. The van der Waals surface area contributed by atoms with Crippen LogP contribution in [-0.2, 0) is 9.53 Å². The third-order valence-corrected chi connectivity index (χ3v) is 2.52. The van der Waals surface area contributed by atoms with Crippen molar-refractivity contribution < 1.29 is 14.3 Å². The summed E-state index contributed by atoms with van der Waals surface area (Å²) in [6.07, 6.45) is -0.272. The molecule has 0 fully saturated rings. The minimum atomic E-state index is -0.487. The van der Waals surface area contributed by atoms with Crippen LogP contribution in [0.2, 0.25) is 0 Å². The molecule has 0 saturated carbocycles. The number of hydrogen-bond acceptors (Lipinski definition) is 3. The maximum Gasteiger partial charge on any atom is 0.414 e. The molecule has 0 heterocycles. The molecule has 1 amide bonds. The van der Waals surface area contributed by atoms with Gasteiger partial charge >= 0.3 is 6.09 Å². The number of rotatable bonds is 5. The number of carbonyl (C=O) groups is 2. The van der Waals surface area contributed by atoms with E-state index in [1.807, 2.05) is 18.2 Å². The molecule has 0 aromatic heterocycles. The first-order valence-electron chi connectivity index (χ1n) is 5.17. The molecule has 1 rings (SSSR count). The first-order valence-corrected chi connectivity index (χ1v) is 5.70. The van der Waals surface area contributed by atoms with Gasteiger partial charge in [-0.05, 0) is 12.1 Å². The Balaban J connectivity index is 2.75. The number of alkyl halides is 1. The van der Waals surface area contributed by atoms with Crippen molar-refractivity contribution in [2.24, 2.45) is 0 Å². The first kappa shape index (κ1) is 13.5. The zero-order valence-corrected chi connectivity index (χ0v) is 10.3. The fourth-order valence-corrected chi connectivity index (χ4v) is 1.48. The van der Waals surface area contributed by atoms with Gasteiger partial charge < -0.3 is 4.74 Å². The van der Waals surface area contributed by atoms with Crippen LogP contribution in [0, 0.1) is 0 Å². The van der Waals surface area contributed by atoms with Crippen LogP contribution in [0.1, 0.15) is 6.42 Å². The van der Waals surface area contributed by atoms with Crippen molar-refractivity contribution in [2.45, 2.75) is 6.42 Å². The van der Waals surface area contributed by atoms with Crippen molar-refractivity contribution in [1.82, 2.24) is 0 Å². The lowest BCUT2D eigenvalue weighted by Crippen LogP contribution is -2.32. The molecule has 92 valence electrons. The van der Waals surface area contributed by atoms with Crippen molar-refractivity contribution in [2.75, 3.05) is 24.4 Å². The van der Waals surface area contributed by atoms with Crippen LogP contribution in [0.4, 0.5) is 10.5 Å². The molecule has 0 saturated heterocycles. The average Bonchev–Trinajstić information content (AvgIpc) is 2.39. The molecule has 0 unspecified atom stereocenters. The van der Waals surface area contributed by atoms with Crippen LogP contribution >= 0.6 is 11.6 Å². The molecule has 17 heavy (non-hydrogen) atoms. The molecule has 4 nitrogen and oxygen atoms in total. The van der Waals surface area contributed by atoms with Crippen molar-refractivity contribution in [3.8, 4) is 0 Å². The predicted octanol–water partition coefficient (Wildman–Crippen LogP) is 2.46. The Hall–Kier alpha value is -1.55. The van der Waals surface area contributed by atoms with Gasteiger partial charge in [0.1, 0.15) is 5.78 Å². The molecule has 0 radical (unpaired) electrons. The van der Waals surface area contributed by atoms with E-state index in [4.69, 9.17) is 11.6 Å². The molecule has 0 bridgehead atoms. The van der Waals surface area contributed by atoms with E-state index in [0.29, 0.717) is 5.69 Å². The van der Waals surface area contributed by atoms with Crippen molar-refractivity contribution >= 4 is 29.2 Å². The molecule has 1 aromatic rings. The summed E-state index contributed by atoms with van der Waals surface area (Å²) in [6.45, 7) is 0.266. The number of ketones is 1. The molecule has 0 aliphatic rings. The molecule has 1 aromatic carbocycles. The third kappa shape index (κ3) is 4.07. The lowest BCUT2D eigenvalue weighted by molar-refractivity contribution is -0.116. The van der Waals surface area contributed by atoms with Gasteiger partial charge in [-0.25, -0.2) is 4.79 Å². The van der Waals surface area contributed by atoms with E-state index in [0.717, 1.165) is 0 Å². The highest BCUT2D eigenvalue weighted by Crippen LogP contribution is 2.14. The van der Waals surface area contributed by atoms with Gasteiger partial charge in [0, 0.05) is 18.7 Å². The zero-order valence-electron chi connectivity index (χ0n) is 9.56. The number of methoxy groups -OCH3 is 1. The number of halogens is 1. The largest absolute Gasteiger partial charge is 0.452 e. The van der Waals surface area contributed by atoms with Crippen LogP contribution in [0.5, 0.6) is 0 Å². The number of carbonyl (C=O) groups excluding carboxylic acids is 2. The van der Waals surface area contributed by atoms with E-state index in [9.17, 15) is 9.59 Å². The Kier molecular flexibility index (Phi) is 5.49. The zero-order chi connectivity index (χ0) is 12.7. The van der Waals surface area contributed by atoms with Crippen LogP contribution in [0.15, 0.2) is 30.3 Å². The summed E-state index contributed by atoms with van der Waals surface area (Å²) in [6, 6.07) is 9.04. The molecular formula is C12H14ClNO3. The van der Waals surface area contributed by atoms with Gasteiger partial charge in [0.15, 0.2) is 0 Å². The maximum absolute atomic E-state index is 11.6. The molecule has 0 atom stereocenters. The van der Waals surface area contributed by atoms with Crippen LogP contribution in [0.25, 0.3) is 0 Å². The Labute approximate surface area is 105 Å². The molecule has 0 N–H and O–H groups in total. The smallest absolute Gasteiger partial charge is 0.414 e. The van der Waals surface area contributed by atoms with E-state index in [-0.39, 0.29) is 24.6 Å². The minimum Gasteiger partial charge on any atom is -0.452 e. The second-order valence-corrected chi connectivity index (χ2v) is 3.65. The molecule has 0 aliphatic heterocycles. The number of ether oxygens (including phenoxy) is 1. The van der Waals surface area contributed by atoms with Gasteiger partial charge in [-0.2, -0.15) is 0 Å². The van der Waals surface area contributed by atoms with Crippen molar-refractivity contribution in [3.05, 3.63) is 30.3 Å². The predicted molar refractivity (Wildman–Crippen MR) is 66.5 cm³/mol. The average molecular weight is 256 g/mol. The minimum absolute atomic E-state index is 0.0379. The summed E-state index contributed by atoms with van der Waals surface area (Å²) in [7, 11) is 1.31. The summed E-state index contributed by atoms with van der Waals surface area (Å²) >= 11 is 5.41. The number of nitrogens with zero attached hydrogens (tertiary/aromatic N) is 1. The number of amides is 1. The number of benzene rings is 1. The quantitative estimate of drug-likeness (QED) is 0.760. The fourth-order valence-electron chi connectivity index (χ4n) is 1.35. The topological polar surface area (TPSA) is 46.6 Å². The Morgan fingerprint density at radius 2 is 1.94 bits per heavy atom. The number of hydrogen-bond donors (Lipinski definition) is 0.